The predicted molar refractivity (Wildman–Crippen MR) is 81.6 cm³/mol. The molecule has 0 heterocycles. The molecule has 1 aromatic rings. The zero-order chi connectivity index (χ0) is 27.2. The van der Waals surface area contributed by atoms with Crippen molar-refractivity contribution in [2.24, 2.45) is 0 Å². The van der Waals surface area contributed by atoms with Crippen LogP contribution in [0.2, 0.25) is 0 Å². The Bertz CT molecular complexity index is 1020. The van der Waals surface area contributed by atoms with Crippen LogP contribution in [0.4, 0.5) is 62.8 Å². The SMILES string of the molecule is O=[N+]([O-])c1ccccc1S(=O)(=O)OCCC(F)(F)C(F)(F)C(F)(F)C(F)(F)C(F)(F)C(F)(F)F. The summed E-state index contributed by atoms with van der Waals surface area (Å²) in [5.41, 5.74) is -1.22. The van der Waals surface area contributed by atoms with Crippen LogP contribution in [0.5, 0.6) is 0 Å². The van der Waals surface area contributed by atoms with E-state index in [9.17, 15) is 75.6 Å². The van der Waals surface area contributed by atoms with E-state index in [4.69, 9.17) is 0 Å². The fourth-order valence-corrected chi connectivity index (χ4v) is 3.20. The molecule has 0 aromatic heterocycles. The van der Waals surface area contributed by atoms with Crippen molar-refractivity contribution in [3.05, 3.63) is 34.4 Å². The van der Waals surface area contributed by atoms with E-state index in [1.165, 1.54) is 0 Å². The third-order valence-corrected chi connectivity index (χ3v) is 5.35. The van der Waals surface area contributed by atoms with Crippen LogP contribution in [0.3, 0.4) is 0 Å². The number of nitrogens with zero attached hydrogens (tertiary/aromatic N) is 1. The van der Waals surface area contributed by atoms with Gasteiger partial charge < -0.3 is 0 Å². The van der Waals surface area contributed by atoms with E-state index in [0.29, 0.717) is 12.1 Å². The van der Waals surface area contributed by atoms with Crippen molar-refractivity contribution in [2.75, 3.05) is 6.61 Å². The summed E-state index contributed by atoms with van der Waals surface area (Å²) in [4.78, 5) is 8.11. The van der Waals surface area contributed by atoms with Crippen molar-refractivity contribution in [3.63, 3.8) is 0 Å². The number of alkyl halides is 13. The fourth-order valence-electron chi connectivity index (χ4n) is 2.12. The minimum Gasteiger partial charge on any atom is -0.266 e. The monoisotopic (exact) mass is 549 g/mol. The van der Waals surface area contributed by atoms with Crippen LogP contribution in [0, 0.1) is 10.1 Å². The number of nitro groups is 1. The van der Waals surface area contributed by atoms with Gasteiger partial charge in [0.25, 0.3) is 5.69 Å². The van der Waals surface area contributed by atoms with E-state index in [1.54, 1.807) is 0 Å². The van der Waals surface area contributed by atoms with Crippen molar-refractivity contribution in [2.45, 2.75) is 47.1 Å². The lowest BCUT2D eigenvalue weighted by Crippen LogP contribution is -2.70. The van der Waals surface area contributed by atoms with Crippen LogP contribution in [-0.2, 0) is 14.3 Å². The second-order valence-corrected chi connectivity index (χ2v) is 7.83. The first-order chi connectivity index (χ1) is 14.9. The van der Waals surface area contributed by atoms with E-state index in [-0.39, 0.29) is 0 Å². The normalized spacial score (nSPS) is 14.9. The highest BCUT2D eigenvalue weighted by Gasteiger charge is 2.90. The van der Waals surface area contributed by atoms with Crippen LogP contribution in [0.1, 0.15) is 6.42 Å². The standard InChI is InChI=1S/C14H8F13NO5S/c15-9(16,5-6-33-34(31,32)8-4-2-1-3-7(8)28(29)30)10(17,18)11(19,20)12(21,22)13(23,24)14(25,26)27/h1-4H,5-6H2. The lowest BCUT2D eigenvalue weighted by molar-refractivity contribution is -0.440. The molecule has 6 nitrogen and oxygen atoms in total. The molecule has 0 aliphatic carbocycles. The first-order valence-corrected chi connectivity index (χ1v) is 9.38. The average molecular weight is 549 g/mol. The lowest BCUT2D eigenvalue weighted by Gasteiger charge is -2.39. The maximum Gasteiger partial charge on any atom is 0.460 e. The fraction of sp³-hybridized carbons (Fsp3) is 0.571. The van der Waals surface area contributed by atoms with E-state index in [0.717, 1.165) is 12.1 Å². The molecule has 196 valence electrons. The number of hydrogen-bond acceptors (Lipinski definition) is 5. The minimum absolute atomic E-state index is 0.466. The molecule has 0 aliphatic heterocycles. The minimum atomic E-state index is -8.09. The summed E-state index contributed by atoms with van der Waals surface area (Å²) >= 11 is 0. The average Bonchev–Trinajstić information content (AvgIpc) is 2.66. The summed E-state index contributed by atoms with van der Waals surface area (Å²) in [6.45, 7) is -2.27. The Morgan fingerprint density at radius 1 is 0.765 bits per heavy atom. The van der Waals surface area contributed by atoms with Gasteiger partial charge in [0, 0.05) is 12.5 Å². The van der Waals surface area contributed by atoms with Gasteiger partial charge in [-0.25, -0.2) is 0 Å². The third-order valence-electron chi connectivity index (χ3n) is 3.98. The highest BCUT2D eigenvalue weighted by Crippen LogP contribution is 2.60. The lowest BCUT2D eigenvalue weighted by atomic mass is 9.93. The van der Waals surface area contributed by atoms with Gasteiger partial charge in [-0.3, -0.25) is 14.3 Å². The van der Waals surface area contributed by atoms with E-state index >= 15 is 0 Å². The maximum absolute atomic E-state index is 13.6. The largest absolute Gasteiger partial charge is 0.460 e. The van der Waals surface area contributed by atoms with Gasteiger partial charge in [0.15, 0.2) is 4.90 Å². The number of rotatable bonds is 10. The zero-order valence-electron chi connectivity index (χ0n) is 15.5. The third kappa shape index (κ3) is 4.73. The molecule has 0 saturated heterocycles. The number of hydrogen-bond donors (Lipinski definition) is 0. The molecule has 0 radical (unpaired) electrons. The zero-order valence-corrected chi connectivity index (χ0v) is 16.4. The first-order valence-electron chi connectivity index (χ1n) is 7.97. The van der Waals surface area contributed by atoms with Crippen LogP contribution in [0.25, 0.3) is 0 Å². The molecule has 0 amide bonds. The molecule has 34 heavy (non-hydrogen) atoms. The van der Waals surface area contributed by atoms with Crippen molar-refractivity contribution in [1.29, 1.82) is 0 Å². The Morgan fingerprint density at radius 2 is 1.21 bits per heavy atom. The second kappa shape index (κ2) is 8.68. The first kappa shape index (κ1) is 29.7. The van der Waals surface area contributed by atoms with Crippen LogP contribution >= 0.6 is 0 Å². The van der Waals surface area contributed by atoms with E-state index in [2.05, 4.69) is 4.18 Å². The second-order valence-electron chi connectivity index (χ2n) is 6.25. The Labute approximate surface area is 179 Å². The number of para-hydroxylation sites is 1. The van der Waals surface area contributed by atoms with Gasteiger partial charge in [0.1, 0.15) is 0 Å². The molecule has 0 unspecified atom stereocenters. The number of halogens is 13. The van der Waals surface area contributed by atoms with Gasteiger partial charge in [0.2, 0.25) is 0 Å². The molecule has 0 saturated carbocycles. The van der Waals surface area contributed by atoms with Gasteiger partial charge in [-0.05, 0) is 6.07 Å². The summed E-state index contributed by atoms with van der Waals surface area (Å²) < 4.78 is 196. The Hall–Kier alpha value is -2.38. The predicted octanol–water partition coefficient (Wildman–Crippen LogP) is 5.43. The molecule has 0 aliphatic rings. The topological polar surface area (TPSA) is 86.5 Å². The summed E-state index contributed by atoms with van der Waals surface area (Å²) in [5.74, 6) is -38.2. The van der Waals surface area contributed by atoms with Crippen molar-refractivity contribution in [1.82, 2.24) is 0 Å². The molecule has 0 spiro atoms. The molecule has 0 fully saturated rings. The Kier molecular flexibility index (Phi) is 7.57. The van der Waals surface area contributed by atoms with Crippen molar-refractivity contribution >= 4 is 15.8 Å². The van der Waals surface area contributed by atoms with Gasteiger partial charge in [-0.15, -0.1) is 0 Å². The quantitative estimate of drug-likeness (QED) is 0.168. The summed E-state index contributed by atoms with van der Waals surface area (Å²) in [7, 11) is -5.43. The molecule has 20 heteroatoms. The van der Waals surface area contributed by atoms with E-state index in [1.807, 2.05) is 0 Å². The van der Waals surface area contributed by atoms with Gasteiger partial charge in [-0.2, -0.15) is 65.5 Å². The Morgan fingerprint density at radius 3 is 1.65 bits per heavy atom. The van der Waals surface area contributed by atoms with Gasteiger partial charge in [-0.1, -0.05) is 12.1 Å². The molecule has 1 aromatic carbocycles. The molecular weight excluding hydrogens is 541 g/mol. The molecule has 0 bridgehead atoms. The summed E-state index contributed by atoms with van der Waals surface area (Å²) in [5, 5.41) is 10.8. The Balaban J connectivity index is 3.22. The molecule has 0 atom stereocenters. The van der Waals surface area contributed by atoms with Gasteiger partial charge >= 0.3 is 45.9 Å². The summed E-state index contributed by atoms with van der Waals surface area (Å²) in [6.07, 6.45) is -10.5. The molecule has 0 N–H and O–H groups in total. The maximum atomic E-state index is 13.6. The van der Waals surface area contributed by atoms with Crippen molar-refractivity contribution < 1.29 is 74.6 Å². The van der Waals surface area contributed by atoms with E-state index < -0.39 is 74.4 Å². The van der Waals surface area contributed by atoms with Crippen LogP contribution < -0.4 is 0 Å². The number of benzene rings is 1. The highest BCUT2D eigenvalue weighted by atomic mass is 32.2. The van der Waals surface area contributed by atoms with Crippen molar-refractivity contribution in [3.8, 4) is 0 Å². The van der Waals surface area contributed by atoms with Crippen LogP contribution in [-0.4, -0.2) is 55.7 Å². The number of nitro benzene ring substituents is 1. The molecule has 1 rings (SSSR count). The summed E-state index contributed by atoms with van der Waals surface area (Å²) in [6, 6.07) is 2.79. The molecular formula is C14H8F13NO5S. The smallest absolute Gasteiger partial charge is 0.266 e. The highest BCUT2D eigenvalue weighted by molar-refractivity contribution is 7.87. The van der Waals surface area contributed by atoms with Gasteiger partial charge in [0.05, 0.1) is 11.5 Å². The van der Waals surface area contributed by atoms with Crippen LogP contribution in [0.15, 0.2) is 29.2 Å².